The van der Waals surface area contributed by atoms with E-state index in [1.807, 2.05) is 6.92 Å². The predicted molar refractivity (Wildman–Crippen MR) is 66.7 cm³/mol. The molecule has 0 atom stereocenters. The first-order chi connectivity index (χ1) is 9.13. The van der Waals surface area contributed by atoms with Crippen molar-refractivity contribution in [2.45, 2.75) is 6.92 Å². The van der Waals surface area contributed by atoms with E-state index in [0.717, 1.165) is 5.56 Å². The van der Waals surface area contributed by atoms with Gasteiger partial charge in [-0.1, -0.05) is 6.07 Å². The maximum absolute atomic E-state index is 11.6. The van der Waals surface area contributed by atoms with Gasteiger partial charge in [-0.15, -0.1) is 0 Å². The second-order valence-electron chi connectivity index (χ2n) is 3.87. The molecule has 0 saturated heterocycles. The van der Waals surface area contributed by atoms with Gasteiger partial charge in [0.1, 0.15) is 11.3 Å². The molecule has 0 spiro atoms. The fourth-order valence-electron chi connectivity index (χ4n) is 1.56. The van der Waals surface area contributed by atoms with Crippen LogP contribution in [0.25, 0.3) is 0 Å². The molecular weight excluding hydrogens is 248 g/mol. The molecule has 0 aliphatic heterocycles. The topological polar surface area (TPSA) is 65.7 Å². The summed E-state index contributed by atoms with van der Waals surface area (Å²) in [5, 5.41) is 0. The number of hydrogen-bond acceptors (Lipinski definition) is 5. The van der Waals surface area contributed by atoms with Crippen LogP contribution < -0.4 is 4.74 Å². The number of esters is 1. The van der Waals surface area contributed by atoms with E-state index in [1.54, 1.807) is 18.2 Å². The molecule has 1 heterocycles. The number of benzene rings is 1. The second kappa shape index (κ2) is 5.39. The van der Waals surface area contributed by atoms with E-state index in [0.29, 0.717) is 17.6 Å². The van der Waals surface area contributed by atoms with Crippen molar-refractivity contribution in [1.29, 1.82) is 0 Å². The Kier molecular flexibility index (Phi) is 3.66. The van der Waals surface area contributed by atoms with Crippen molar-refractivity contribution in [3.05, 3.63) is 47.2 Å². The molecule has 0 amide bonds. The summed E-state index contributed by atoms with van der Waals surface area (Å²) in [6.45, 7) is 1.85. The smallest absolute Gasteiger partial charge is 0.341 e. The largest absolute Gasteiger partial charge is 0.465 e. The third kappa shape index (κ3) is 2.82. The molecule has 0 bridgehead atoms. The molecule has 0 aliphatic carbocycles. The van der Waals surface area contributed by atoms with E-state index >= 15 is 0 Å². The summed E-state index contributed by atoms with van der Waals surface area (Å²) in [7, 11) is 1.30. The van der Waals surface area contributed by atoms with E-state index < -0.39 is 5.97 Å². The quantitative estimate of drug-likeness (QED) is 0.624. The van der Waals surface area contributed by atoms with Gasteiger partial charge in [-0.05, 0) is 30.7 Å². The molecule has 1 aromatic heterocycles. The third-order valence-corrected chi connectivity index (χ3v) is 2.47. The van der Waals surface area contributed by atoms with Gasteiger partial charge >= 0.3 is 5.97 Å². The maximum atomic E-state index is 11.6. The van der Waals surface area contributed by atoms with Gasteiger partial charge < -0.3 is 13.9 Å². The van der Waals surface area contributed by atoms with Gasteiger partial charge in [0, 0.05) is 6.07 Å². The van der Waals surface area contributed by atoms with Crippen molar-refractivity contribution in [1.82, 2.24) is 0 Å². The molecule has 0 radical (unpaired) electrons. The molecule has 0 N–H and O–H groups in total. The highest BCUT2D eigenvalue weighted by Crippen LogP contribution is 2.28. The summed E-state index contributed by atoms with van der Waals surface area (Å²) in [5.74, 6) is 0.1000. The van der Waals surface area contributed by atoms with Crippen LogP contribution in [0, 0.1) is 6.92 Å². The lowest BCUT2D eigenvalue weighted by atomic mass is 10.1. The molecule has 5 nitrogen and oxygen atoms in total. The van der Waals surface area contributed by atoms with E-state index in [4.69, 9.17) is 13.9 Å². The Bertz CT molecular complexity index is 612. The lowest BCUT2D eigenvalue weighted by Crippen LogP contribution is -2.04. The number of carbonyl (C=O) groups is 2. The first-order valence-electron chi connectivity index (χ1n) is 5.56. The number of aldehydes is 1. The highest BCUT2D eigenvalue weighted by molar-refractivity contribution is 5.92. The van der Waals surface area contributed by atoms with E-state index in [2.05, 4.69) is 0 Å². The number of carbonyl (C=O) groups excluding carboxylic acids is 2. The molecule has 2 rings (SSSR count). The number of rotatable bonds is 4. The minimum absolute atomic E-state index is 0.135. The van der Waals surface area contributed by atoms with Crippen LogP contribution in [-0.4, -0.2) is 19.4 Å². The molecule has 0 unspecified atom stereocenters. The number of furan rings is 1. The van der Waals surface area contributed by atoms with Crippen LogP contribution in [0.2, 0.25) is 0 Å². The van der Waals surface area contributed by atoms with Gasteiger partial charge in [-0.3, -0.25) is 4.79 Å². The van der Waals surface area contributed by atoms with Crippen LogP contribution in [0.1, 0.15) is 26.5 Å². The molecule has 2 aromatic rings. The first-order valence-corrected chi connectivity index (χ1v) is 5.56. The fraction of sp³-hybridized carbons (Fsp3) is 0.143. The summed E-state index contributed by atoms with van der Waals surface area (Å²) < 4.78 is 15.2. The van der Waals surface area contributed by atoms with Crippen molar-refractivity contribution < 1.29 is 23.5 Å². The van der Waals surface area contributed by atoms with Gasteiger partial charge in [0.05, 0.1) is 7.11 Å². The maximum Gasteiger partial charge on any atom is 0.341 e. The lowest BCUT2D eigenvalue weighted by Gasteiger charge is -2.08. The van der Waals surface area contributed by atoms with Crippen molar-refractivity contribution in [3.63, 3.8) is 0 Å². The minimum atomic E-state index is -0.499. The average Bonchev–Trinajstić information content (AvgIpc) is 2.87. The monoisotopic (exact) mass is 260 g/mol. The Labute approximate surface area is 109 Å². The lowest BCUT2D eigenvalue weighted by molar-refractivity contribution is 0.0597. The van der Waals surface area contributed by atoms with Gasteiger partial charge in [-0.2, -0.15) is 0 Å². The number of aryl methyl sites for hydroxylation is 1. The Morgan fingerprint density at radius 1 is 1.26 bits per heavy atom. The van der Waals surface area contributed by atoms with Crippen LogP contribution >= 0.6 is 0 Å². The predicted octanol–water partition coefficient (Wildman–Crippen LogP) is 2.98. The second-order valence-corrected chi connectivity index (χ2v) is 3.87. The normalized spacial score (nSPS) is 10.0. The SMILES string of the molecule is COC(=O)c1cc(C)ccc1Oc1ccc(C=O)o1. The van der Waals surface area contributed by atoms with E-state index in [-0.39, 0.29) is 11.7 Å². The first kappa shape index (κ1) is 12.9. The van der Waals surface area contributed by atoms with Crippen LogP contribution in [-0.2, 0) is 4.74 Å². The molecule has 19 heavy (non-hydrogen) atoms. The standard InChI is InChI=1S/C14H12O5/c1-9-3-5-12(11(7-9)14(16)17-2)19-13-6-4-10(8-15)18-13/h3-8H,1-2H3. The Balaban J connectivity index is 2.33. The summed E-state index contributed by atoms with van der Waals surface area (Å²) >= 11 is 0. The van der Waals surface area contributed by atoms with Crippen LogP contribution in [0.3, 0.4) is 0 Å². The molecule has 0 saturated carbocycles. The average molecular weight is 260 g/mol. The van der Waals surface area contributed by atoms with Crippen LogP contribution in [0.5, 0.6) is 11.7 Å². The zero-order valence-corrected chi connectivity index (χ0v) is 10.5. The van der Waals surface area contributed by atoms with Crippen molar-refractivity contribution in [2.24, 2.45) is 0 Å². The number of hydrogen-bond donors (Lipinski definition) is 0. The molecule has 0 aliphatic rings. The van der Waals surface area contributed by atoms with Crippen LogP contribution in [0.15, 0.2) is 34.7 Å². The van der Waals surface area contributed by atoms with E-state index in [9.17, 15) is 9.59 Å². The highest BCUT2D eigenvalue weighted by atomic mass is 16.6. The zero-order valence-electron chi connectivity index (χ0n) is 10.5. The third-order valence-electron chi connectivity index (χ3n) is 2.47. The Morgan fingerprint density at radius 3 is 2.68 bits per heavy atom. The van der Waals surface area contributed by atoms with Gasteiger partial charge in [0.25, 0.3) is 5.95 Å². The summed E-state index contributed by atoms with van der Waals surface area (Å²) in [6, 6.07) is 8.08. The molecule has 0 fully saturated rings. The van der Waals surface area contributed by atoms with Crippen molar-refractivity contribution in [2.75, 3.05) is 7.11 Å². The van der Waals surface area contributed by atoms with Gasteiger partial charge in [0.2, 0.25) is 0 Å². The van der Waals surface area contributed by atoms with Crippen LogP contribution in [0.4, 0.5) is 0 Å². The highest BCUT2D eigenvalue weighted by Gasteiger charge is 2.15. The molecule has 1 aromatic carbocycles. The minimum Gasteiger partial charge on any atom is -0.465 e. The zero-order chi connectivity index (χ0) is 13.8. The van der Waals surface area contributed by atoms with Gasteiger partial charge in [-0.25, -0.2) is 4.79 Å². The summed E-state index contributed by atoms with van der Waals surface area (Å²) in [4.78, 5) is 22.2. The number of ether oxygens (including phenoxy) is 2. The molecule has 5 heteroatoms. The van der Waals surface area contributed by atoms with Gasteiger partial charge in [0.15, 0.2) is 12.0 Å². The van der Waals surface area contributed by atoms with Crippen molar-refractivity contribution >= 4 is 12.3 Å². The Hall–Kier alpha value is -2.56. The Morgan fingerprint density at radius 2 is 2.05 bits per heavy atom. The molecule has 98 valence electrons. The van der Waals surface area contributed by atoms with Crippen molar-refractivity contribution in [3.8, 4) is 11.7 Å². The molecular formula is C14H12O5. The van der Waals surface area contributed by atoms with E-state index in [1.165, 1.54) is 19.2 Å². The summed E-state index contributed by atoms with van der Waals surface area (Å²) in [5.41, 5.74) is 1.20. The summed E-state index contributed by atoms with van der Waals surface area (Å²) in [6.07, 6.45) is 0.573. The fourth-order valence-corrected chi connectivity index (χ4v) is 1.56. The number of methoxy groups -OCH3 is 1.